The number of pyridine rings is 1. The Bertz CT molecular complexity index is 515. The summed E-state index contributed by atoms with van der Waals surface area (Å²) in [6, 6.07) is 2.07. The highest BCUT2D eigenvalue weighted by Gasteiger charge is 2.31. The summed E-state index contributed by atoms with van der Waals surface area (Å²) in [5.74, 6) is -1.23. The molecular formula is C12H12F3N3O3. The van der Waals surface area contributed by atoms with Crippen molar-refractivity contribution in [3.05, 3.63) is 36.2 Å². The average molecular weight is 303 g/mol. The summed E-state index contributed by atoms with van der Waals surface area (Å²) in [5.41, 5.74) is 0.402. The lowest BCUT2D eigenvalue weighted by molar-refractivity contribution is -0.276. The summed E-state index contributed by atoms with van der Waals surface area (Å²) in [6.45, 7) is 3.88. The fraction of sp³-hybridized carbons (Fsp3) is 0.250. The molecule has 0 saturated carbocycles. The Hall–Kier alpha value is -2.58. The van der Waals surface area contributed by atoms with Crippen LogP contribution in [0.15, 0.2) is 30.6 Å². The van der Waals surface area contributed by atoms with E-state index in [4.69, 9.17) is 0 Å². The number of alkyl halides is 3. The van der Waals surface area contributed by atoms with Crippen molar-refractivity contribution in [1.29, 1.82) is 0 Å². The highest BCUT2D eigenvalue weighted by atomic mass is 19.4. The first-order valence-corrected chi connectivity index (χ1v) is 5.70. The zero-order valence-corrected chi connectivity index (χ0v) is 10.7. The van der Waals surface area contributed by atoms with Crippen LogP contribution in [-0.2, 0) is 4.79 Å². The normalized spacial score (nSPS) is 10.6. The van der Waals surface area contributed by atoms with Crippen molar-refractivity contribution in [3.8, 4) is 5.88 Å². The van der Waals surface area contributed by atoms with Crippen LogP contribution in [0.3, 0.4) is 0 Å². The molecule has 0 bridgehead atoms. The van der Waals surface area contributed by atoms with Crippen LogP contribution in [0.4, 0.5) is 13.2 Å². The van der Waals surface area contributed by atoms with Crippen LogP contribution in [0.5, 0.6) is 5.88 Å². The molecule has 0 aliphatic rings. The number of ether oxygens (including phenoxy) is 1. The first kappa shape index (κ1) is 16.5. The number of carbonyl (C=O) groups excluding carboxylic acids is 2. The van der Waals surface area contributed by atoms with Gasteiger partial charge >= 0.3 is 6.36 Å². The van der Waals surface area contributed by atoms with Gasteiger partial charge in [0, 0.05) is 30.9 Å². The first-order chi connectivity index (χ1) is 9.81. The second-order valence-corrected chi connectivity index (χ2v) is 3.81. The zero-order valence-electron chi connectivity index (χ0n) is 10.7. The van der Waals surface area contributed by atoms with Crippen LogP contribution in [0, 0.1) is 0 Å². The summed E-state index contributed by atoms with van der Waals surface area (Å²) >= 11 is 0. The molecular weight excluding hydrogens is 291 g/mol. The molecule has 0 aromatic carbocycles. The lowest BCUT2D eigenvalue weighted by Crippen LogP contribution is -2.25. The summed E-state index contributed by atoms with van der Waals surface area (Å²) in [4.78, 5) is 25.1. The summed E-state index contributed by atoms with van der Waals surface area (Å²) in [6.07, 6.45) is -3.05. The third-order valence-electron chi connectivity index (χ3n) is 2.16. The molecule has 0 aliphatic heterocycles. The average Bonchev–Trinajstić information content (AvgIpc) is 2.38. The standard InChI is InChI=1S/C12H12F3N3O3/c1-8(4-5-16-7-19)18-11(20)9-2-3-10(17-6-9)21-12(13,14)15/h2-3,6-7H,1,4-5H2,(H,16,19)(H,18,20). The Balaban J connectivity index is 2.55. The van der Waals surface area contributed by atoms with Crippen LogP contribution >= 0.6 is 0 Å². The number of aromatic nitrogens is 1. The Labute approximate surface area is 118 Å². The Kier molecular flexibility index (Phi) is 5.70. The summed E-state index contributed by atoms with van der Waals surface area (Å²) in [7, 11) is 0. The van der Waals surface area contributed by atoms with Gasteiger partial charge in [-0.3, -0.25) is 9.59 Å². The lowest BCUT2D eigenvalue weighted by Gasteiger charge is -2.09. The number of halogens is 3. The van der Waals surface area contributed by atoms with Crippen molar-refractivity contribution < 1.29 is 27.5 Å². The maximum atomic E-state index is 11.9. The topological polar surface area (TPSA) is 80.3 Å². The quantitative estimate of drug-likeness (QED) is 0.589. The minimum Gasteiger partial charge on any atom is -0.388 e. The molecule has 9 heteroatoms. The van der Waals surface area contributed by atoms with E-state index < -0.39 is 18.1 Å². The molecule has 1 rings (SSSR count). The number of nitrogens with one attached hydrogen (secondary N) is 2. The van der Waals surface area contributed by atoms with Crippen LogP contribution < -0.4 is 15.4 Å². The van der Waals surface area contributed by atoms with Crippen molar-refractivity contribution in [2.45, 2.75) is 12.8 Å². The largest absolute Gasteiger partial charge is 0.574 e. The number of nitrogens with zero attached hydrogens (tertiary/aromatic N) is 1. The fourth-order valence-corrected chi connectivity index (χ4v) is 1.27. The number of amides is 2. The van der Waals surface area contributed by atoms with Gasteiger partial charge < -0.3 is 15.4 Å². The van der Waals surface area contributed by atoms with Gasteiger partial charge in [-0.05, 0) is 6.07 Å². The van der Waals surface area contributed by atoms with E-state index >= 15 is 0 Å². The zero-order chi connectivity index (χ0) is 15.9. The summed E-state index contributed by atoms with van der Waals surface area (Å²) in [5, 5.41) is 4.82. The van der Waals surface area contributed by atoms with Crippen LogP contribution in [0.25, 0.3) is 0 Å². The van der Waals surface area contributed by atoms with E-state index in [-0.39, 0.29) is 5.56 Å². The number of rotatable bonds is 7. The molecule has 0 unspecified atom stereocenters. The van der Waals surface area contributed by atoms with Crippen molar-refractivity contribution >= 4 is 12.3 Å². The van der Waals surface area contributed by atoms with Gasteiger partial charge in [-0.25, -0.2) is 4.98 Å². The van der Waals surface area contributed by atoms with E-state index in [0.29, 0.717) is 25.1 Å². The van der Waals surface area contributed by atoms with E-state index in [1.54, 1.807) is 0 Å². The van der Waals surface area contributed by atoms with Gasteiger partial charge in [0.2, 0.25) is 12.3 Å². The van der Waals surface area contributed by atoms with Crippen LogP contribution in [0.1, 0.15) is 16.8 Å². The van der Waals surface area contributed by atoms with Crippen LogP contribution in [-0.4, -0.2) is 30.2 Å². The van der Waals surface area contributed by atoms with E-state index in [1.165, 1.54) is 0 Å². The van der Waals surface area contributed by atoms with E-state index in [9.17, 15) is 22.8 Å². The van der Waals surface area contributed by atoms with Gasteiger partial charge in [-0.2, -0.15) is 0 Å². The molecule has 21 heavy (non-hydrogen) atoms. The number of hydrogen-bond acceptors (Lipinski definition) is 4. The highest BCUT2D eigenvalue weighted by Crippen LogP contribution is 2.20. The van der Waals surface area contributed by atoms with E-state index in [2.05, 4.69) is 26.9 Å². The monoisotopic (exact) mass is 303 g/mol. The molecule has 2 amide bonds. The van der Waals surface area contributed by atoms with Crippen LogP contribution in [0.2, 0.25) is 0 Å². The molecule has 0 atom stereocenters. The predicted molar refractivity (Wildman–Crippen MR) is 66.2 cm³/mol. The van der Waals surface area contributed by atoms with Gasteiger partial charge in [0.15, 0.2) is 0 Å². The van der Waals surface area contributed by atoms with Gasteiger partial charge in [0.25, 0.3) is 5.91 Å². The predicted octanol–water partition coefficient (Wildman–Crippen LogP) is 1.36. The molecule has 0 aliphatic carbocycles. The van der Waals surface area contributed by atoms with Crippen molar-refractivity contribution in [2.75, 3.05) is 6.54 Å². The fourth-order valence-electron chi connectivity index (χ4n) is 1.27. The van der Waals surface area contributed by atoms with Crippen molar-refractivity contribution in [2.24, 2.45) is 0 Å². The molecule has 0 fully saturated rings. The molecule has 114 valence electrons. The van der Waals surface area contributed by atoms with Gasteiger partial charge in [0.1, 0.15) is 0 Å². The third kappa shape index (κ3) is 6.41. The van der Waals surface area contributed by atoms with Gasteiger partial charge in [0.05, 0.1) is 5.56 Å². The summed E-state index contributed by atoms with van der Waals surface area (Å²) < 4.78 is 39.4. The van der Waals surface area contributed by atoms with E-state index in [1.807, 2.05) is 0 Å². The maximum absolute atomic E-state index is 11.9. The smallest absolute Gasteiger partial charge is 0.388 e. The van der Waals surface area contributed by atoms with Gasteiger partial charge in [-0.15, -0.1) is 13.2 Å². The third-order valence-corrected chi connectivity index (χ3v) is 2.16. The second-order valence-electron chi connectivity index (χ2n) is 3.81. The molecule has 0 radical (unpaired) electrons. The van der Waals surface area contributed by atoms with Crippen molar-refractivity contribution in [3.63, 3.8) is 0 Å². The first-order valence-electron chi connectivity index (χ1n) is 5.70. The van der Waals surface area contributed by atoms with E-state index in [0.717, 1.165) is 18.3 Å². The highest BCUT2D eigenvalue weighted by molar-refractivity contribution is 5.94. The minimum absolute atomic E-state index is 0.0500. The molecule has 1 aromatic rings. The number of carbonyl (C=O) groups is 2. The Morgan fingerprint density at radius 1 is 1.43 bits per heavy atom. The molecule has 0 saturated heterocycles. The molecule has 2 N–H and O–H groups in total. The van der Waals surface area contributed by atoms with Gasteiger partial charge in [-0.1, -0.05) is 6.58 Å². The molecule has 1 aromatic heterocycles. The number of hydrogen-bond donors (Lipinski definition) is 2. The lowest BCUT2D eigenvalue weighted by atomic mass is 10.2. The molecule has 0 spiro atoms. The SMILES string of the molecule is C=C(CCNC=O)NC(=O)c1ccc(OC(F)(F)F)nc1. The Morgan fingerprint density at radius 3 is 2.67 bits per heavy atom. The maximum Gasteiger partial charge on any atom is 0.574 e. The Morgan fingerprint density at radius 2 is 2.14 bits per heavy atom. The molecule has 6 nitrogen and oxygen atoms in total. The second kappa shape index (κ2) is 7.27. The van der Waals surface area contributed by atoms with Crippen molar-refractivity contribution in [1.82, 2.24) is 15.6 Å². The minimum atomic E-state index is -4.84. The molecule has 1 heterocycles.